The van der Waals surface area contributed by atoms with Gasteiger partial charge < -0.3 is 19.9 Å². The van der Waals surface area contributed by atoms with Crippen LogP contribution >= 0.6 is 0 Å². The Morgan fingerprint density at radius 2 is 1.74 bits per heavy atom. The summed E-state index contributed by atoms with van der Waals surface area (Å²) in [6.07, 6.45) is -0.234. The van der Waals surface area contributed by atoms with Crippen LogP contribution in [0.2, 0.25) is 0 Å². The van der Waals surface area contributed by atoms with Gasteiger partial charge in [-0.1, -0.05) is 17.7 Å². The van der Waals surface area contributed by atoms with Gasteiger partial charge in [0.15, 0.2) is 0 Å². The second-order valence-electron chi connectivity index (χ2n) is 5.43. The van der Waals surface area contributed by atoms with Crippen molar-refractivity contribution in [1.82, 2.24) is 9.80 Å². The number of carbonyl (C=O) groups is 2. The fraction of sp³-hybridized carbons (Fsp3) is 0.500. The molecule has 0 aliphatic carbocycles. The first kappa shape index (κ1) is 17.1. The second kappa shape index (κ2) is 8.36. The Morgan fingerprint density at radius 3 is 2.35 bits per heavy atom. The third-order valence-corrected chi connectivity index (χ3v) is 3.63. The van der Waals surface area contributed by atoms with E-state index in [1.165, 1.54) is 4.90 Å². The predicted molar refractivity (Wildman–Crippen MR) is 85.3 cm³/mol. The maximum Gasteiger partial charge on any atom is 0.409 e. The summed E-state index contributed by atoms with van der Waals surface area (Å²) in [5.74, 6) is 0. The molecule has 1 aliphatic heterocycles. The number of urea groups is 1. The number of amides is 3. The van der Waals surface area contributed by atoms with Crippen LogP contribution in [0.25, 0.3) is 0 Å². The van der Waals surface area contributed by atoms with Gasteiger partial charge in [0.25, 0.3) is 0 Å². The molecule has 0 bridgehead atoms. The average Bonchev–Trinajstić information content (AvgIpc) is 2.57. The standard InChI is InChI=1S/C16H22FN3O3/c1-13-3-5-14(6-4-13)18-15(21)19-8-10-20(11-9-19)16(22)23-12-2-7-17/h3-6H,2,7-12H2,1H3,(H,18,21). The smallest absolute Gasteiger partial charge is 0.409 e. The zero-order valence-corrected chi connectivity index (χ0v) is 13.3. The Hall–Kier alpha value is -2.31. The first-order chi connectivity index (χ1) is 11.1. The van der Waals surface area contributed by atoms with E-state index in [1.807, 2.05) is 31.2 Å². The maximum atomic E-state index is 12.2. The SMILES string of the molecule is Cc1ccc(NC(=O)N2CCN(C(=O)OCCCF)CC2)cc1. The zero-order valence-electron chi connectivity index (χ0n) is 13.3. The fourth-order valence-electron chi connectivity index (χ4n) is 2.24. The van der Waals surface area contributed by atoms with E-state index >= 15 is 0 Å². The van der Waals surface area contributed by atoms with E-state index in [0.29, 0.717) is 26.2 Å². The Morgan fingerprint density at radius 1 is 1.13 bits per heavy atom. The van der Waals surface area contributed by atoms with Crippen molar-refractivity contribution >= 4 is 17.8 Å². The minimum absolute atomic E-state index is 0.0868. The molecule has 2 rings (SSSR count). The lowest BCUT2D eigenvalue weighted by Crippen LogP contribution is -2.51. The quantitative estimate of drug-likeness (QED) is 0.867. The predicted octanol–water partition coefficient (Wildman–Crippen LogP) is 2.64. The van der Waals surface area contributed by atoms with Crippen LogP contribution < -0.4 is 5.32 Å². The number of halogens is 1. The summed E-state index contributed by atoms with van der Waals surface area (Å²) in [6.45, 7) is 3.28. The van der Waals surface area contributed by atoms with Crippen molar-refractivity contribution in [3.63, 3.8) is 0 Å². The summed E-state index contributed by atoms with van der Waals surface area (Å²) in [5.41, 5.74) is 1.87. The summed E-state index contributed by atoms with van der Waals surface area (Å²) in [6, 6.07) is 7.39. The fourth-order valence-corrected chi connectivity index (χ4v) is 2.24. The van der Waals surface area contributed by atoms with Gasteiger partial charge in [-0.15, -0.1) is 0 Å². The molecule has 7 heteroatoms. The number of hydrogen-bond acceptors (Lipinski definition) is 3. The summed E-state index contributed by atoms with van der Waals surface area (Å²) in [4.78, 5) is 27.1. The number of rotatable bonds is 4. The number of nitrogens with zero attached hydrogens (tertiary/aromatic N) is 2. The average molecular weight is 323 g/mol. The second-order valence-corrected chi connectivity index (χ2v) is 5.43. The molecule has 1 N–H and O–H groups in total. The van der Waals surface area contributed by atoms with Crippen molar-refractivity contribution in [2.75, 3.05) is 44.8 Å². The molecule has 1 heterocycles. The summed E-state index contributed by atoms with van der Waals surface area (Å²) >= 11 is 0. The largest absolute Gasteiger partial charge is 0.449 e. The molecule has 0 spiro atoms. The van der Waals surface area contributed by atoms with Gasteiger partial charge in [-0.2, -0.15) is 0 Å². The highest BCUT2D eigenvalue weighted by Gasteiger charge is 2.24. The number of hydrogen-bond donors (Lipinski definition) is 1. The third-order valence-electron chi connectivity index (χ3n) is 3.63. The minimum atomic E-state index is -0.500. The molecule has 1 fully saturated rings. The van der Waals surface area contributed by atoms with Gasteiger partial charge in [-0.05, 0) is 19.1 Å². The maximum absolute atomic E-state index is 12.2. The van der Waals surface area contributed by atoms with Crippen LogP contribution in [0, 0.1) is 6.92 Å². The number of anilines is 1. The third kappa shape index (κ3) is 5.12. The van der Waals surface area contributed by atoms with E-state index in [2.05, 4.69) is 5.32 Å². The number of benzene rings is 1. The zero-order chi connectivity index (χ0) is 16.7. The van der Waals surface area contributed by atoms with E-state index in [1.54, 1.807) is 4.90 Å². The molecule has 126 valence electrons. The molecule has 0 unspecified atom stereocenters. The number of nitrogens with one attached hydrogen (secondary N) is 1. The van der Waals surface area contributed by atoms with Crippen molar-refractivity contribution in [3.05, 3.63) is 29.8 Å². The normalized spacial score (nSPS) is 14.5. The summed E-state index contributed by atoms with van der Waals surface area (Å²) in [7, 11) is 0. The van der Waals surface area contributed by atoms with Crippen molar-refractivity contribution in [2.24, 2.45) is 0 Å². The van der Waals surface area contributed by atoms with Crippen molar-refractivity contribution < 1.29 is 18.7 Å². The number of aryl methyl sites for hydroxylation is 1. The number of alkyl halides is 1. The summed E-state index contributed by atoms with van der Waals surface area (Å²) in [5, 5.41) is 2.84. The van der Waals surface area contributed by atoms with Gasteiger partial charge in [0.2, 0.25) is 0 Å². The lowest BCUT2D eigenvalue weighted by atomic mass is 10.2. The molecular weight excluding hydrogens is 301 g/mol. The first-order valence-electron chi connectivity index (χ1n) is 7.70. The number of carbonyl (C=O) groups excluding carboxylic acids is 2. The number of piperazine rings is 1. The van der Waals surface area contributed by atoms with Crippen LogP contribution in [0.5, 0.6) is 0 Å². The van der Waals surface area contributed by atoms with E-state index in [4.69, 9.17) is 4.74 Å². The number of ether oxygens (including phenoxy) is 1. The molecule has 6 nitrogen and oxygen atoms in total. The van der Waals surface area contributed by atoms with E-state index in [9.17, 15) is 14.0 Å². The van der Waals surface area contributed by atoms with Crippen LogP contribution in [0.4, 0.5) is 19.7 Å². The van der Waals surface area contributed by atoms with E-state index in [-0.39, 0.29) is 19.1 Å². The van der Waals surface area contributed by atoms with Crippen LogP contribution in [-0.4, -0.2) is 61.4 Å². The Balaban J connectivity index is 1.76. The highest BCUT2D eigenvalue weighted by molar-refractivity contribution is 5.89. The van der Waals surface area contributed by atoms with Crippen LogP contribution in [0.1, 0.15) is 12.0 Å². The topological polar surface area (TPSA) is 61.9 Å². The molecule has 0 atom stereocenters. The van der Waals surface area contributed by atoms with Gasteiger partial charge in [0.1, 0.15) is 0 Å². The molecule has 1 aromatic rings. The molecule has 1 saturated heterocycles. The van der Waals surface area contributed by atoms with Gasteiger partial charge in [-0.25, -0.2) is 9.59 Å². The monoisotopic (exact) mass is 323 g/mol. The lowest BCUT2D eigenvalue weighted by molar-refractivity contribution is 0.0811. The Bertz CT molecular complexity index is 528. The first-order valence-corrected chi connectivity index (χ1v) is 7.70. The molecule has 0 radical (unpaired) electrons. The van der Waals surface area contributed by atoms with Crippen molar-refractivity contribution in [2.45, 2.75) is 13.3 Å². The van der Waals surface area contributed by atoms with Crippen LogP contribution in [0.3, 0.4) is 0 Å². The van der Waals surface area contributed by atoms with Crippen molar-refractivity contribution in [3.8, 4) is 0 Å². The highest BCUT2D eigenvalue weighted by atomic mass is 19.1. The molecule has 1 aliphatic rings. The Labute approximate surface area is 135 Å². The highest BCUT2D eigenvalue weighted by Crippen LogP contribution is 2.11. The molecule has 0 aromatic heterocycles. The molecule has 23 heavy (non-hydrogen) atoms. The van der Waals surface area contributed by atoms with Gasteiger partial charge in [0, 0.05) is 38.3 Å². The summed E-state index contributed by atoms with van der Waals surface area (Å²) < 4.78 is 16.9. The molecule has 1 aromatic carbocycles. The van der Waals surface area contributed by atoms with Gasteiger partial charge in [-0.3, -0.25) is 4.39 Å². The molecule has 3 amide bonds. The van der Waals surface area contributed by atoms with Gasteiger partial charge in [0.05, 0.1) is 13.3 Å². The Kier molecular flexibility index (Phi) is 6.19. The van der Waals surface area contributed by atoms with Crippen molar-refractivity contribution in [1.29, 1.82) is 0 Å². The molecular formula is C16H22FN3O3. The van der Waals surface area contributed by atoms with E-state index < -0.39 is 12.8 Å². The lowest BCUT2D eigenvalue weighted by Gasteiger charge is -2.34. The minimum Gasteiger partial charge on any atom is -0.449 e. The van der Waals surface area contributed by atoms with Crippen LogP contribution in [0.15, 0.2) is 24.3 Å². The van der Waals surface area contributed by atoms with Gasteiger partial charge >= 0.3 is 12.1 Å². The van der Waals surface area contributed by atoms with E-state index in [0.717, 1.165) is 11.3 Å². The van der Waals surface area contributed by atoms with Crippen LogP contribution in [-0.2, 0) is 4.74 Å². The molecule has 0 saturated carbocycles.